The normalized spacial score (nSPS) is 23.8. The van der Waals surface area contributed by atoms with Gasteiger partial charge in [-0.05, 0) is 62.7 Å². The summed E-state index contributed by atoms with van der Waals surface area (Å²) in [7, 11) is 1.45. The number of aromatic hydroxyl groups is 1. The maximum absolute atomic E-state index is 15.3. The molecule has 2 aliphatic rings. The van der Waals surface area contributed by atoms with Crippen LogP contribution in [0.1, 0.15) is 50.5 Å². The van der Waals surface area contributed by atoms with Gasteiger partial charge >= 0.3 is 0 Å². The number of hydrogen-bond donors (Lipinski definition) is 3. The van der Waals surface area contributed by atoms with Gasteiger partial charge in [-0.1, -0.05) is 31.7 Å². The van der Waals surface area contributed by atoms with Crippen LogP contribution in [0.5, 0.6) is 5.75 Å². The third-order valence-corrected chi connectivity index (χ3v) is 7.33. The van der Waals surface area contributed by atoms with Gasteiger partial charge < -0.3 is 15.2 Å². The number of anilines is 1. The van der Waals surface area contributed by atoms with E-state index in [1.807, 2.05) is 0 Å². The second-order valence-corrected chi connectivity index (χ2v) is 9.57. The van der Waals surface area contributed by atoms with Crippen molar-refractivity contribution < 1.29 is 18.5 Å². The number of carbonyl (C=O) groups excluding carboxylic acids is 1. The summed E-state index contributed by atoms with van der Waals surface area (Å²) in [6, 6.07) is 3.57. The van der Waals surface area contributed by atoms with Gasteiger partial charge in [0.15, 0.2) is 17.0 Å². The highest BCUT2D eigenvalue weighted by molar-refractivity contribution is 7.84. The minimum atomic E-state index is -1.82. The Kier molecular flexibility index (Phi) is 8.03. The van der Waals surface area contributed by atoms with E-state index in [0.717, 1.165) is 29.6 Å². The van der Waals surface area contributed by atoms with Gasteiger partial charge in [-0.15, -0.1) is 0 Å². The third-order valence-electron chi connectivity index (χ3n) is 6.25. The van der Waals surface area contributed by atoms with Crippen molar-refractivity contribution in [2.75, 3.05) is 24.4 Å². The minimum absolute atomic E-state index is 0.188. The van der Waals surface area contributed by atoms with Gasteiger partial charge in [0, 0.05) is 6.04 Å². The lowest BCUT2D eigenvalue weighted by Crippen LogP contribution is -2.35. The summed E-state index contributed by atoms with van der Waals surface area (Å²) in [5, 5.41) is 13.9. The molecule has 1 aromatic carbocycles. The molecule has 1 saturated heterocycles. The molecular formula is C21H32FN3O3S. The molecular weight excluding hydrogens is 393 g/mol. The molecule has 3 N–H and O–H groups in total. The topological polar surface area (TPSA) is 81.7 Å². The second-order valence-electron chi connectivity index (χ2n) is 8.23. The fourth-order valence-electron chi connectivity index (χ4n) is 4.42. The van der Waals surface area contributed by atoms with Gasteiger partial charge in [0.1, 0.15) is 17.7 Å². The van der Waals surface area contributed by atoms with Crippen molar-refractivity contribution in [3.05, 3.63) is 23.5 Å². The van der Waals surface area contributed by atoms with Crippen molar-refractivity contribution in [1.82, 2.24) is 10.0 Å². The van der Waals surface area contributed by atoms with E-state index >= 15 is 4.39 Å². The Morgan fingerprint density at radius 3 is 2.66 bits per heavy atom. The summed E-state index contributed by atoms with van der Waals surface area (Å²) < 4.78 is 31.0. The molecule has 1 aliphatic carbocycles. The lowest BCUT2D eigenvalue weighted by Gasteiger charge is -2.29. The Morgan fingerprint density at radius 1 is 1.28 bits per heavy atom. The summed E-state index contributed by atoms with van der Waals surface area (Å²) in [6.45, 7) is 0.572. The summed E-state index contributed by atoms with van der Waals surface area (Å²) in [5.74, 6) is 0.252. The van der Waals surface area contributed by atoms with Gasteiger partial charge in [0.05, 0.1) is 6.54 Å². The molecule has 162 valence electrons. The van der Waals surface area contributed by atoms with Crippen molar-refractivity contribution in [2.45, 2.75) is 57.4 Å². The molecule has 3 rings (SSSR count). The van der Waals surface area contributed by atoms with Crippen molar-refractivity contribution >= 4 is 23.1 Å². The predicted octanol–water partition coefficient (Wildman–Crippen LogP) is 2.83. The average molecular weight is 426 g/mol. The third kappa shape index (κ3) is 5.55. The van der Waals surface area contributed by atoms with Crippen LogP contribution in [0.2, 0.25) is 0 Å². The lowest BCUT2D eigenvalue weighted by atomic mass is 9.80. The summed E-state index contributed by atoms with van der Waals surface area (Å²) in [4.78, 5) is 11.0. The van der Waals surface area contributed by atoms with Gasteiger partial charge in [-0.2, -0.15) is 0 Å². The number of phenols is 1. The van der Waals surface area contributed by atoms with E-state index in [9.17, 15) is 14.1 Å². The fourth-order valence-corrected chi connectivity index (χ4v) is 5.17. The predicted molar refractivity (Wildman–Crippen MR) is 113 cm³/mol. The molecule has 2 fully saturated rings. The second kappa shape index (κ2) is 10.5. The molecule has 0 spiro atoms. The summed E-state index contributed by atoms with van der Waals surface area (Å²) >= 11 is -1.82. The zero-order chi connectivity index (χ0) is 20.8. The summed E-state index contributed by atoms with van der Waals surface area (Å²) in [6.07, 6.45) is 9.74. The standard InChI is InChI=1S/C21H32FN3O3S/c1-23-29(28)25(10-11-26)21-19(27)9-8-17(20(21)22)12-16-6-3-7-18(24-14-16)13-15-4-2-5-15/h8-9,11,15-16,18,23-24,27H,2-7,10,12-14H2,1H3. The zero-order valence-electron chi connectivity index (χ0n) is 17.0. The van der Waals surface area contributed by atoms with E-state index in [1.165, 1.54) is 45.2 Å². The van der Waals surface area contributed by atoms with Crippen molar-refractivity contribution in [3.63, 3.8) is 0 Å². The maximum Gasteiger partial charge on any atom is 0.196 e. The van der Waals surface area contributed by atoms with Gasteiger partial charge in [-0.25, -0.2) is 13.3 Å². The molecule has 0 radical (unpaired) electrons. The molecule has 8 heteroatoms. The first-order valence-corrected chi connectivity index (χ1v) is 11.7. The number of aldehydes is 1. The number of rotatable bonds is 9. The molecule has 1 saturated carbocycles. The zero-order valence-corrected chi connectivity index (χ0v) is 17.8. The highest BCUT2D eigenvalue weighted by Crippen LogP contribution is 2.35. The lowest BCUT2D eigenvalue weighted by molar-refractivity contribution is -0.106. The van der Waals surface area contributed by atoms with Gasteiger partial charge in [0.2, 0.25) is 0 Å². The molecule has 1 heterocycles. The van der Waals surface area contributed by atoms with E-state index in [1.54, 1.807) is 6.07 Å². The first-order chi connectivity index (χ1) is 14.0. The fraction of sp³-hybridized carbons (Fsp3) is 0.667. The van der Waals surface area contributed by atoms with E-state index in [-0.39, 0.29) is 18.0 Å². The van der Waals surface area contributed by atoms with Crippen LogP contribution in [0.15, 0.2) is 12.1 Å². The van der Waals surface area contributed by atoms with E-state index in [0.29, 0.717) is 30.2 Å². The van der Waals surface area contributed by atoms with E-state index < -0.39 is 17.0 Å². The average Bonchev–Trinajstić information content (AvgIpc) is 2.90. The van der Waals surface area contributed by atoms with Crippen LogP contribution in [0, 0.1) is 17.7 Å². The van der Waals surface area contributed by atoms with E-state index in [2.05, 4.69) is 10.0 Å². The van der Waals surface area contributed by atoms with Crippen LogP contribution in [-0.4, -0.2) is 41.8 Å². The Bertz CT molecular complexity index is 729. The maximum atomic E-state index is 15.3. The molecule has 6 nitrogen and oxygen atoms in total. The molecule has 29 heavy (non-hydrogen) atoms. The number of phenolic OH excluding ortho intramolecular Hbond substituents is 1. The summed E-state index contributed by atoms with van der Waals surface area (Å²) in [5.41, 5.74) is 0.290. The number of nitrogens with one attached hydrogen (secondary N) is 2. The van der Waals surface area contributed by atoms with Crippen molar-refractivity contribution in [1.29, 1.82) is 0 Å². The minimum Gasteiger partial charge on any atom is -0.506 e. The van der Waals surface area contributed by atoms with Crippen molar-refractivity contribution in [2.24, 2.45) is 11.8 Å². The number of halogens is 1. The monoisotopic (exact) mass is 425 g/mol. The highest BCUT2D eigenvalue weighted by Gasteiger charge is 2.27. The molecule has 0 aromatic heterocycles. The highest BCUT2D eigenvalue weighted by atomic mass is 32.2. The van der Waals surface area contributed by atoms with Crippen LogP contribution in [0.3, 0.4) is 0 Å². The number of carbonyl (C=O) groups is 1. The van der Waals surface area contributed by atoms with Gasteiger partial charge in [-0.3, -0.25) is 4.31 Å². The Morgan fingerprint density at radius 2 is 2.00 bits per heavy atom. The molecule has 1 aliphatic heterocycles. The molecule has 0 amide bonds. The Labute approximate surface area is 175 Å². The van der Waals surface area contributed by atoms with Gasteiger partial charge in [0.25, 0.3) is 0 Å². The SMILES string of the molecule is CNS(=O)N(CC=O)c1c(O)ccc(CC2CCCC(CC3CCC3)NC2)c1F. The first kappa shape index (κ1) is 22.2. The van der Waals surface area contributed by atoms with Crippen LogP contribution in [0.25, 0.3) is 0 Å². The van der Waals surface area contributed by atoms with Crippen LogP contribution in [-0.2, 0) is 22.4 Å². The van der Waals surface area contributed by atoms with Crippen LogP contribution < -0.4 is 14.3 Å². The van der Waals surface area contributed by atoms with Crippen LogP contribution >= 0.6 is 0 Å². The van der Waals surface area contributed by atoms with E-state index in [4.69, 9.17) is 0 Å². The largest absolute Gasteiger partial charge is 0.506 e. The molecule has 3 atom stereocenters. The quantitative estimate of drug-likeness (QED) is 0.532. The number of nitrogens with zero attached hydrogens (tertiary/aromatic N) is 1. The smallest absolute Gasteiger partial charge is 0.196 e. The first-order valence-electron chi connectivity index (χ1n) is 10.6. The Hall–Kier alpha value is -1.51. The van der Waals surface area contributed by atoms with Crippen LogP contribution in [0.4, 0.5) is 10.1 Å². The molecule has 0 bridgehead atoms. The number of benzene rings is 1. The Balaban J connectivity index is 1.70. The molecule has 3 unspecified atom stereocenters. The molecule has 1 aromatic rings. The number of hydrogen-bond acceptors (Lipinski definition) is 4. The van der Waals surface area contributed by atoms with Crippen molar-refractivity contribution in [3.8, 4) is 5.75 Å².